The lowest BCUT2D eigenvalue weighted by molar-refractivity contribution is -0.384. The number of nitro groups is 1. The van der Waals surface area contributed by atoms with Crippen molar-refractivity contribution in [1.82, 2.24) is 14.9 Å². The first-order chi connectivity index (χ1) is 17.5. The van der Waals surface area contributed by atoms with E-state index in [1.165, 1.54) is 11.1 Å². The van der Waals surface area contributed by atoms with Crippen molar-refractivity contribution in [2.45, 2.75) is 19.9 Å². The third-order valence-electron chi connectivity index (χ3n) is 6.62. The maximum absolute atomic E-state index is 11.4. The maximum Gasteiger partial charge on any atom is 0.269 e. The van der Waals surface area contributed by atoms with E-state index in [2.05, 4.69) is 57.0 Å². The third-order valence-corrected chi connectivity index (χ3v) is 6.62. The fourth-order valence-corrected chi connectivity index (χ4v) is 4.70. The predicted molar refractivity (Wildman–Crippen MR) is 142 cm³/mol. The number of hydrogen-bond donors (Lipinski definition) is 0. The highest BCUT2D eigenvalue weighted by Gasteiger charge is 2.21. The van der Waals surface area contributed by atoms with Crippen LogP contribution in [0.25, 0.3) is 11.1 Å². The minimum atomic E-state index is -0.319. The average Bonchev–Trinajstić information content (AvgIpc) is 2.90. The van der Waals surface area contributed by atoms with Crippen LogP contribution in [0, 0.1) is 17.0 Å². The number of nitrogens with zero attached hydrogens (tertiary/aromatic N) is 5. The molecule has 7 nitrogen and oxygen atoms in total. The molecule has 36 heavy (non-hydrogen) atoms. The first-order valence-corrected chi connectivity index (χ1v) is 12.2. The molecule has 1 aromatic heterocycles. The second-order valence-corrected chi connectivity index (χ2v) is 9.28. The molecule has 5 rings (SSSR count). The van der Waals surface area contributed by atoms with E-state index in [1.54, 1.807) is 12.1 Å². The molecule has 0 bridgehead atoms. The molecule has 0 saturated carbocycles. The summed E-state index contributed by atoms with van der Waals surface area (Å²) in [7, 11) is 0. The Kier molecular flexibility index (Phi) is 7.00. The van der Waals surface area contributed by atoms with Crippen LogP contribution in [-0.2, 0) is 13.0 Å². The number of rotatable bonds is 7. The topological polar surface area (TPSA) is 75.4 Å². The van der Waals surface area contributed by atoms with Gasteiger partial charge in [0.1, 0.15) is 0 Å². The van der Waals surface area contributed by atoms with Crippen molar-refractivity contribution >= 4 is 11.6 Å². The van der Waals surface area contributed by atoms with Crippen LogP contribution in [0.2, 0.25) is 0 Å². The number of piperazine rings is 1. The summed E-state index contributed by atoms with van der Waals surface area (Å²) in [4.78, 5) is 24.9. The normalized spacial score (nSPS) is 14.1. The number of aryl methyl sites for hydroxylation is 1. The van der Waals surface area contributed by atoms with Crippen LogP contribution in [0.15, 0.2) is 85.2 Å². The van der Waals surface area contributed by atoms with Gasteiger partial charge in [-0.2, -0.15) is 0 Å². The zero-order valence-corrected chi connectivity index (χ0v) is 20.4. The molecule has 0 N–H and O–H groups in total. The van der Waals surface area contributed by atoms with Gasteiger partial charge in [0.05, 0.1) is 4.92 Å². The molecule has 0 aliphatic carbocycles. The van der Waals surface area contributed by atoms with Crippen molar-refractivity contribution in [3.63, 3.8) is 0 Å². The van der Waals surface area contributed by atoms with E-state index in [0.717, 1.165) is 60.8 Å². The lowest BCUT2D eigenvalue weighted by Crippen LogP contribution is -2.46. The maximum atomic E-state index is 11.4. The van der Waals surface area contributed by atoms with Gasteiger partial charge in [-0.3, -0.25) is 15.0 Å². The predicted octanol–water partition coefficient (Wildman–Crippen LogP) is 5.27. The minimum absolute atomic E-state index is 0.129. The number of anilines is 1. The molecule has 0 spiro atoms. The number of non-ortho nitro benzene ring substituents is 1. The molecular weight excluding hydrogens is 450 g/mol. The van der Waals surface area contributed by atoms with E-state index in [-0.39, 0.29) is 10.6 Å². The van der Waals surface area contributed by atoms with Gasteiger partial charge in [0, 0.05) is 63.7 Å². The molecule has 2 heterocycles. The third kappa shape index (κ3) is 5.58. The van der Waals surface area contributed by atoms with Crippen LogP contribution in [-0.4, -0.2) is 46.0 Å². The summed E-state index contributed by atoms with van der Waals surface area (Å²) in [5.41, 5.74) is 6.74. The second kappa shape index (κ2) is 10.7. The van der Waals surface area contributed by atoms with Crippen molar-refractivity contribution in [3.8, 4) is 11.1 Å². The lowest BCUT2D eigenvalue weighted by Gasteiger charge is -2.35. The Balaban J connectivity index is 1.25. The molecule has 4 aromatic rings. The summed E-state index contributed by atoms with van der Waals surface area (Å²) in [6.45, 7) is 6.02. The fourth-order valence-electron chi connectivity index (χ4n) is 4.70. The van der Waals surface area contributed by atoms with Gasteiger partial charge < -0.3 is 4.90 Å². The zero-order chi connectivity index (χ0) is 24.9. The van der Waals surface area contributed by atoms with Crippen molar-refractivity contribution in [2.24, 2.45) is 0 Å². The summed E-state index contributed by atoms with van der Waals surface area (Å²) < 4.78 is 0. The van der Waals surface area contributed by atoms with Crippen molar-refractivity contribution < 1.29 is 4.92 Å². The number of benzene rings is 3. The monoisotopic (exact) mass is 479 g/mol. The fraction of sp³-hybridized carbons (Fsp3) is 0.241. The van der Waals surface area contributed by atoms with Gasteiger partial charge in [-0.1, -0.05) is 60.2 Å². The Labute approximate surface area is 211 Å². The Bertz CT molecular complexity index is 1330. The molecule has 7 heteroatoms. The van der Waals surface area contributed by atoms with Gasteiger partial charge >= 0.3 is 0 Å². The molecule has 1 saturated heterocycles. The standard InChI is InChI=1S/C29H29N5O2/c1-22-6-5-9-25(16-22)28-11-10-27(34(35)36)18-26(28)21-32-12-14-33(15-13-32)29-30-19-24(20-31-29)17-23-7-3-2-4-8-23/h2-11,16,18-20H,12-15,17,21H2,1H3. The van der Waals surface area contributed by atoms with Crippen LogP contribution >= 0.6 is 0 Å². The van der Waals surface area contributed by atoms with Gasteiger partial charge in [0.2, 0.25) is 5.95 Å². The molecular formula is C29H29N5O2. The Morgan fingerprint density at radius 3 is 2.31 bits per heavy atom. The minimum Gasteiger partial charge on any atom is -0.338 e. The van der Waals surface area contributed by atoms with Crippen LogP contribution in [0.3, 0.4) is 0 Å². The van der Waals surface area contributed by atoms with Gasteiger partial charge in [0.25, 0.3) is 5.69 Å². The van der Waals surface area contributed by atoms with Crippen LogP contribution in [0.5, 0.6) is 0 Å². The first kappa shape index (κ1) is 23.6. The number of aromatic nitrogens is 2. The summed E-state index contributed by atoms with van der Waals surface area (Å²) >= 11 is 0. The number of hydrogen-bond acceptors (Lipinski definition) is 6. The molecule has 1 fully saturated rings. The zero-order valence-electron chi connectivity index (χ0n) is 20.4. The van der Waals surface area contributed by atoms with E-state index >= 15 is 0 Å². The quantitative estimate of drug-likeness (QED) is 0.265. The van der Waals surface area contributed by atoms with E-state index in [1.807, 2.05) is 42.7 Å². The molecule has 0 amide bonds. The van der Waals surface area contributed by atoms with Crippen molar-refractivity contribution in [3.05, 3.63) is 118 Å². The molecule has 0 atom stereocenters. The number of nitro benzene ring substituents is 1. The van der Waals surface area contributed by atoms with Crippen LogP contribution in [0.1, 0.15) is 22.3 Å². The van der Waals surface area contributed by atoms with Gasteiger partial charge in [-0.05, 0) is 40.8 Å². The molecule has 1 aliphatic rings. The summed E-state index contributed by atoms with van der Waals surface area (Å²) in [6, 6.07) is 23.8. The van der Waals surface area contributed by atoms with Crippen LogP contribution in [0.4, 0.5) is 11.6 Å². The van der Waals surface area contributed by atoms with Crippen molar-refractivity contribution in [1.29, 1.82) is 0 Å². The van der Waals surface area contributed by atoms with E-state index in [4.69, 9.17) is 0 Å². The first-order valence-electron chi connectivity index (χ1n) is 12.2. The van der Waals surface area contributed by atoms with Gasteiger partial charge in [-0.25, -0.2) is 9.97 Å². The highest BCUT2D eigenvalue weighted by atomic mass is 16.6. The molecule has 182 valence electrons. The molecule has 0 unspecified atom stereocenters. The second-order valence-electron chi connectivity index (χ2n) is 9.28. The largest absolute Gasteiger partial charge is 0.338 e. The van der Waals surface area contributed by atoms with Gasteiger partial charge in [-0.15, -0.1) is 0 Å². The van der Waals surface area contributed by atoms with Crippen molar-refractivity contribution in [2.75, 3.05) is 31.1 Å². The average molecular weight is 480 g/mol. The highest BCUT2D eigenvalue weighted by molar-refractivity contribution is 5.69. The molecule has 3 aromatic carbocycles. The summed E-state index contributed by atoms with van der Waals surface area (Å²) in [6.07, 6.45) is 4.65. The SMILES string of the molecule is Cc1cccc(-c2ccc([N+](=O)[O-])cc2CN2CCN(c3ncc(Cc4ccccc4)cn3)CC2)c1. The Hall–Kier alpha value is -4.10. The smallest absolute Gasteiger partial charge is 0.269 e. The lowest BCUT2D eigenvalue weighted by atomic mass is 9.97. The summed E-state index contributed by atoms with van der Waals surface area (Å²) in [5.74, 6) is 0.752. The van der Waals surface area contributed by atoms with Gasteiger partial charge in [0.15, 0.2) is 0 Å². The highest BCUT2D eigenvalue weighted by Crippen LogP contribution is 2.29. The van der Waals surface area contributed by atoms with E-state index < -0.39 is 0 Å². The Morgan fingerprint density at radius 2 is 1.61 bits per heavy atom. The molecule has 1 aliphatic heterocycles. The summed E-state index contributed by atoms with van der Waals surface area (Å²) in [5, 5.41) is 11.4. The Morgan fingerprint density at radius 1 is 0.861 bits per heavy atom. The van der Waals surface area contributed by atoms with Crippen LogP contribution < -0.4 is 4.90 Å². The van der Waals surface area contributed by atoms with E-state index in [0.29, 0.717) is 6.54 Å². The molecule has 0 radical (unpaired) electrons. The van der Waals surface area contributed by atoms with E-state index in [9.17, 15) is 10.1 Å².